The minimum Gasteiger partial charge on any atom is -0.481 e. The first-order valence-corrected chi connectivity index (χ1v) is 4.91. The van der Waals surface area contributed by atoms with Crippen molar-refractivity contribution in [2.75, 3.05) is 0 Å². The van der Waals surface area contributed by atoms with Crippen LogP contribution in [-0.2, 0) is 4.79 Å². The summed E-state index contributed by atoms with van der Waals surface area (Å²) in [4.78, 5) is 10.4. The molecule has 1 aliphatic rings. The number of carboxylic acids is 1. The number of hydrogen-bond acceptors (Lipinski definition) is 2. The van der Waals surface area contributed by atoms with Crippen molar-refractivity contribution >= 4 is 5.97 Å². The Morgan fingerprint density at radius 2 is 2.15 bits per heavy atom. The van der Waals surface area contributed by atoms with Gasteiger partial charge in [-0.2, -0.15) is 0 Å². The first-order valence-electron chi connectivity index (χ1n) is 4.91. The van der Waals surface area contributed by atoms with Gasteiger partial charge in [-0.15, -0.1) is 0 Å². The van der Waals surface area contributed by atoms with Gasteiger partial charge in [0.15, 0.2) is 0 Å². The third-order valence-corrected chi connectivity index (χ3v) is 2.70. The summed E-state index contributed by atoms with van der Waals surface area (Å²) in [5.74, 6) is 0.00958. The fraction of sp³-hybridized carbons (Fsp3) is 0.900. The van der Waals surface area contributed by atoms with Gasteiger partial charge >= 0.3 is 5.97 Å². The number of aliphatic carboxylic acids is 1. The summed E-state index contributed by atoms with van der Waals surface area (Å²) in [6.07, 6.45) is 2.76. The Balaban J connectivity index is 2.33. The molecule has 1 saturated carbocycles. The second-order valence-corrected chi connectivity index (χ2v) is 4.64. The zero-order valence-electron chi connectivity index (χ0n) is 8.63. The van der Waals surface area contributed by atoms with Crippen LogP contribution < -0.4 is 5.32 Å². The molecule has 0 spiro atoms. The van der Waals surface area contributed by atoms with Gasteiger partial charge in [0.2, 0.25) is 0 Å². The molecule has 1 unspecified atom stereocenters. The van der Waals surface area contributed by atoms with E-state index in [4.69, 9.17) is 5.11 Å². The standard InChI is InChI=1S/C10H19NO2/c1-7(6-9(12)13)11-10(2,3)8-4-5-8/h7-8,11H,4-6H2,1-3H3,(H,12,13). The minimum absolute atomic E-state index is 0.0631. The summed E-state index contributed by atoms with van der Waals surface area (Å²) in [6, 6.07) is 0.0631. The van der Waals surface area contributed by atoms with E-state index in [1.807, 2.05) is 6.92 Å². The molecular formula is C10H19NO2. The molecule has 0 saturated heterocycles. The van der Waals surface area contributed by atoms with E-state index in [0.717, 1.165) is 5.92 Å². The third kappa shape index (κ3) is 3.35. The van der Waals surface area contributed by atoms with E-state index in [1.54, 1.807) is 0 Å². The van der Waals surface area contributed by atoms with Crippen molar-refractivity contribution in [2.24, 2.45) is 5.92 Å². The van der Waals surface area contributed by atoms with Gasteiger partial charge in [-0.25, -0.2) is 0 Å². The van der Waals surface area contributed by atoms with Crippen molar-refractivity contribution in [2.45, 2.75) is 51.6 Å². The number of carbonyl (C=O) groups is 1. The Morgan fingerprint density at radius 1 is 1.62 bits per heavy atom. The number of rotatable bonds is 5. The molecule has 1 atom stereocenters. The van der Waals surface area contributed by atoms with Crippen molar-refractivity contribution in [3.8, 4) is 0 Å². The molecule has 0 heterocycles. The molecule has 13 heavy (non-hydrogen) atoms. The Kier molecular flexibility index (Phi) is 2.96. The summed E-state index contributed by atoms with van der Waals surface area (Å²) < 4.78 is 0. The molecule has 0 radical (unpaired) electrons. The summed E-state index contributed by atoms with van der Waals surface area (Å²) in [5.41, 5.74) is 0.106. The molecule has 0 aromatic carbocycles. The molecule has 2 N–H and O–H groups in total. The highest BCUT2D eigenvalue weighted by Crippen LogP contribution is 2.39. The van der Waals surface area contributed by atoms with Crippen molar-refractivity contribution in [3.63, 3.8) is 0 Å². The van der Waals surface area contributed by atoms with Gasteiger partial charge < -0.3 is 10.4 Å². The summed E-state index contributed by atoms with van der Waals surface area (Å²) in [6.45, 7) is 6.24. The zero-order chi connectivity index (χ0) is 10.1. The quantitative estimate of drug-likeness (QED) is 0.684. The fourth-order valence-corrected chi connectivity index (χ4v) is 1.87. The molecular weight excluding hydrogens is 166 g/mol. The molecule has 0 aliphatic heterocycles. The van der Waals surface area contributed by atoms with E-state index >= 15 is 0 Å². The third-order valence-electron chi connectivity index (χ3n) is 2.70. The molecule has 0 bridgehead atoms. The maximum atomic E-state index is 10.4. The highest BCUT2D eigenvalue weighted by molar-refractivity contribution is 5.67. The number of nitrogens with one attached hydrogen (secondary N) is 1. The first-order chi connectivity index (χ1) is 5.92. The highest BCUT2D eigenvalue weighted by Gasteiger charge is 2.38. The lowest BCUT2D eigenvalue weighted by Crippen LogP contribution is -2.47. The SMILES string of the molecule is CC(CC(=O)O)NC(C)(C)C1CC1. The maximum Gasteiger partial charge on any atom is 0.304 e. The van der Waals surface area contributed by atoms with Crippen LogP contribution in [0.25, 0.3) is 0 Å². The lowest BCUT2D eigenvalue weighted by Gasteiger charge is -2.29. The molecule has 0 aromatic heterocycles. The van der Waals surface area contributed by atoms with Crippen molar-refractivity contribution in [3.05, 3.63) is 0 Å². The topological polar surface area (TPSA) is 49.3 Å². The zero-order valence-corrected chi connectivity index (χ0v) is 8.63. The predicted octanol–water partition coefficient (Wildman–Crippen LogP) is 1.63. The molecule has 3 nitrogen and oxygen atoms in total. The second-order valence-electron chi connectivity index (χ2n) is 4.64. The van der Waals surface area contributed by atoms with Gasteiger partial charge in [0.25, 0.3) is 0 Å². The minimum atomic E-state index is -0.730. The summed E-state index contributed by atoms with van der Waals surface area (Å²) >= 11 is 0. The Hall–Kier alpha value is -0.570. The van der Waals surface area contributed by atoms with Gasteiger partial charge in [0.05, 0.1) is 6.42 Å². The highest BCUT2D eigenvalue weighted by atomic mass is 16.4. The largest absolute Gasteiger partial charge is 0.481 e. The molecule has 3 heteroatoms. The van der Waals surface area contributed by atoms with Crippen molar-refractivity contribution in [1.82, 2.24) is 5.32 Å². The van der Waals surface area contributed by atoms with E-state index in [1.165, 1.54) is 12.8 Å². The lowest BCUT2D eigenvalue weighted by atomic mass is 9.97. The molecule has 0 aromatic rings. The van der Waals surface area contributed by atoms with Gasteiger partial charge in [-0.3, -0.25) is 4.79 Å². The summed E-state index contributed by atoms with van der Waals surface area (Å²) in [5, 5.41) is 12.0. The van der Waals surface area contributed by atoms with E-state index < -0.39 is 5.97 Å². The number of hydrogen-bond donors (Lipinski definition) is 2. The second kappa shape index (κ2) is 3.66. The molecule has 76 valence electrons. The lowest BCUT2D eigenvalue weighted by molar-refractivity contribution is -0.137. The number of carboxylic acid groups (broad SMARTS) is 1. The Labute approximate surface area is 79.5 Å². The van der Waals surface area contributed by atoms with Gasteiger partial charge in [-0.1, -0.05) is 0 Å². The Morgan fingerprint density at radius 3 is 2.54 bits per heavy atom. The van der Waals surface area contributed by atoms with Gasteiger partial charge in [0, 0.05) is 11.6 Å². The molecule has 1 fully saturated rings. The molecule has 0 amide bonds. The van der Waals surface area contributed by atoms with Crippen LogP contribution in [0.3, 0.4) is 0 Å². The van der Waals surface area contributed by atoms with Crippen molar-refractivity contribution in [1.29, 1.82) is 0 Å². The van der Waals surface area contributed by atoms with Crippen LogP contribution in [0.4, 0.5) is 0 Å². The maximum absolute atomic E-state index is 10.4. The van der Waals surface area contributed by atoms with Gasteiger partial charge in [0.1, 0.15) is 0 Å². The van der Waals surface area contributed by atoms with Crippen LogP contribution >= 0.6 is 0 Å². The molecule has 1 aliphatic carbocycles. The van der Waals surface area contributed by atoms with E-state index in [-0.39, 0.29) is 18.0 Å². The first kappa shape index (κ1) is 10.5. The van der Waals surface area contributed by atoms with E-state index in [0.29, 0.717) is 0 Å². The smallest absolute Gasteiger partial charge is 0.304 e. The van der Waals surface area contributed by atoms with Crippen LogP contribution in [0.2, 0.25) is 0 Å². The van der Waals surface area contributed by atoms with Crippen LogP contribution in [0.1, 0.15) is 40.0 Å². The summed E-state index contributed by atoms with van der Waals surface area (Å²) in [7, 11) is 0. The van der Waals surface area contributed by atoms with Crippen LogP contribution in [0.15, 0.2) is 0 Å². The average Bonchev–Trinajstić information content (AvgIpc) is 2.60. The Bertz CT molecular complexity index is 197. The predicted molar refractivity (Wildman–Crippen MR) is 51.7 cm³/mol. The van der Waals surface area contributed by atoms with E-state index in [2.05, 4.69) is 19.2 Å². The van der Waals surface area contributed by atoms with Crippen LogP contribution in [0.5, 0.6) is 0 Å². The fourth-order valence-electron chi connectivity index (χ4n) is 1.87. The van der Waals surface area contributed by atoms with Gasteiger partial charge in [-0.05, 0) is 39.5 Å². The van der Waals surface area contributed by atoms with E-state index in [9.17, 15) is 4.79 Å². The average molecular weight is 185 g/mol. The van der Waals surface area contributed by atoms with Crippen LogP contribution in [-0.4, -0.2) is 22.7 Å². The molecule has 1 rings (SSSR count). The monoisotopic (exact) mass is 185 g/mol. The normalized spacial score (nSPS) is 19.9. The van der Waals surface area contributed by atoms with Crippen LogP contribution in [0, 0.1) is 5.92 Å². The van der Waals surface area contributed by atoms with Crippen molar-refractivity contribution < 1.29 is 9.90 Å².